The van der Waals surface area contributed by atoms with Crippen molar-refractivity contribution in [2.45, 2.75) is 6.61 Å². The summed E-state index contributed by atoms with van der Waals surface area (Å²) in [4.78, 5) is 36.6. The van der Waals surface area contributed by atoms with Crippen molar-refractivity contribution in [3.8, 4) is 5.75 Å². The molecule has 148 valence electrons. The van der Waals surface area contributed by atoms with E-state index in [1.807, 2.05) is 6.07 Å². The Morgan fingerprint density at radius 3 is 2.23 bits per heavy atom. The van der Waals surface area contributed by atoms with Crippen LogP contribution in [-0.4, -0.2) is 16.9 Å². The fraction of sp³-hybridized carbons (Fsp3) is 0.0417. The van der Waals surface area contributed by atoms with E-state index in [1.165, 1.54) is 30.3 Å². The first-order valence-electron chi connectivity index (χ1n) is 9.14. The molecule has 0 amide bonds. The van der Waals surface area contributed by atoms with Gasteiger partial charge in [-0.3, -0.25) is 4.79 Å². The van der Waals surface area contributed by atoms with E-state index < -0.39 is 11.6 Å². The number of fused-ring (bicyclic) bond motifs is 1. The van der Waals surface area contributed by atoms with Gasteiger partial charge >= 0.3 is 11.6 Å². The van der Waals surface area contributed by atoms with E-state index in [0.29, 0.717) is 22.1 Å². The molecule has 4 aromatic rings. The van der Waals surface area contributed by atoms with Crippen molar-refractivity contribution in [2.75, 3.05) is 0 Å². The maximum absolute atomic E-state index is 12.4. The van der Waals surface area contributed by atoms with E-state index in [2.05, 4.69) is 0 Å². The number of phenols is 1. The minimum absolute atomic E-state index is 0.0371. The molecule has 0 unspecified atom stereocenters. The predicted molar refractivity (Wildman–Crippen MR) is 110 cm³/mol. The molecule has 6 heteroatoms. The average Bonchev–Trinajstić information content (AvgIpc) is 2.77. The number of hydrogen-bond donors (Lipinski definition) is 1. The third-order valence-corrected chi connectivity index (χ3v) is 4.59. The quantitative estimate of drug-likeness (QED) is 0.308. The van der Waals surface area contributed by atoms with Crippen molar-refractivity contribution in [3.63, 3.8) is 0 Å². The van der Waals surface area contributed by atoms with Gasteiger partial charge in [-0.2, -0.15) is 0 Å². The second kappa shape index (κ2) is 8.05. The fourth-order valence-electron chi connectivity index (χ4n) is 3.08. The van der Waals surface area contributed by atoms with E-state index in [1.54, 1.807) is 42.5 Å². The van der Waals surface area contributed by atoms with Crippen molar-refractivity contribution >= 4 is 22.7 Å². The fourth-order valence-corrected chi connectivity index (χ4v) is 3.08. The van der Waals surface area contributed by atoms with Crippen LogP contribution >= 0.6 is 0 Å². The Kier molecular flexibility index (Phi) is 5.13. The SMILES string of the molecule is O=C(OCc1cc(=O)oc2cc(O)ccc12)c1ccc(C(=O)c2ccccc2)cc1. The van der Waals surface area contributed by atoms with Crippen molar-refractivity contribution in [1.29, 1.82) is 0 Å². The molecule has 1 heterocycles. The lowest BCUT2D eigenvalue weighted by atomic mass is 10.0. The molecule has 0 fully saturated rings. The van der Waals surface area contributed by atoms with Gasteiger partial charge in [0.25, 0.3) is 0 Å². The number of phenolic OH excluding ortho intramolecular Hbond substituents is 1. The molecule has 0 saturated heterocycles. The molecule has 30 heavy (non-hydrogen) atoms. The summed E-state index contributed by atoms with van der Waals surface area (Å²) in [6.07, 6.45) is 0. The molecular formula is C24H16O6. The molecule has 0 aliphatic carbocycles. The van der Waals surface area contributed by atoms with Gasteiger partial charge in [-0.15, -0.1) is 0 Å². The third kappa shape index (κ3) is 3.98. The molecule has 0 saturated carbocycles. The summed E-state index contributed by atoms with van der Waals surface area (Å²) in [5.74, 6) is -0.764. The first kappa shape index (κ1) is 19.1. The Morgan fingerprint density at radius 2 is 1.50 bits per heavy atom. The highest BCUT2D eigenvalue weighted by Gasteiger charge is 2.13. The van der Waals surface area contributed by atoms with Gasteiger partial charge in [0.1, 0.15) is 17.9 Å². The van der Waals surface area contributed by atoms with E-state index in [-0.39, 0.29) is 29.3 Å². The van der Waals surface area contributed by atoms with Gasteiger partial charge in [-0.25, -0.2) is 9.59 Å². The maximum atomic E-state index is 12.4. The smallest absolute Gasteiger partial charge is 0.338 e. The first-order chi connectivity index (χ1) is 14.5. The Morgan fingerprint density at radius 1 is 0.833 bits per heavy atom. The van der Waals surface area contributed by atoms with E-state index in [4.69, 9.17) is 9.15 Å². The number of rotatable bonds is 5. The predicted octanol–water partition coefficient (Wildman–Crippen LogP) is 4.09. The van der Waals surface area contributed by atoms with Gasteiger partial charge in [0.2, 0.25) is 0 Å². The van der Waals surface area contributed by atoms with Crippen molar-refractivity contribution in [1.82, 2.24) is 0 Å². The summed E-state index contributed by atoms with van der Waals surface area (Å²) in [5, 5.41) is 10.1. The number of ether oxygens (including phenoxy) is 1. The summed E-state index contributed by atoms with van der Waals surface area (Å²) in [6.45, 7) is -0.142. The Balaban J connectivity index is 1.49. The van der Waals surface area contributed by atoms with Crippen LogP contribution in [0.4, 0.5) is 0 Å². The van der Waals surface area contributed by atoms with Crippen molar-refractivity contribution < 1.29 is 23.8 Å². The Labute approximate surface area is 171 Å². The summed E-state index contributed by atoms with van der Waals surface area (Å²) >= 11 is 0. The maximum Gasteiger partial charge on any atom is 0.338 e. The van der Waals surface area contributed by atoms with Crippen LogP contribution in [0.15, 0.2) is 88.1 Å². The lowest BCUT2D eigenvalue weighted by Gasteiger charge is -2.08. The number of benzene rings is 3. The van der Waals surface area contributed by atoms with Crippen molar-refractivity contribution in [2.24, 2.45) is 0 Å². The van der Waals surface area contributed by atoms with Crippen LogP contribution < -0.4 is 5.63 Å². The van der Waals surface area contributed by atoms with Crippen LogP contribution in [0.5, 0.6) is 5.75 Å². The van der Waals surface area contributed by atoms with Gasteiger partial charge in [0, 0.05) is 34.2 Å². The molecule has 1 N–H and O–H groups in total. The molecule has 0 radical (unpaired) electrons. The van der Waals surface area contributed by atoms with Gasteiger partial charge in [0.05, 0.1) is 5.56 Å². The molecule has 6 nitrogen and oxygen atoms in total. The van der Waals surface area contributed by atoms with Crippen LogP contribution in [0.3, 0.4) is 0 Å². The lowest BCUT2D eigenvalue weighted by Crippen LogP contribution is -2.08. The van der Waals surface area contributed by atoms with Crippen LogP contribution in [-0.2, 0) is 11.3 Å². The van der Waals surface area contributed by atoms with Gasteiger partial charge < -0.3 is 14.3 Å². The number of hydrogen-bond acceptors (Lipinski definition) is 6. The standard InChI is InChI=1S/C24H16O6/c25-19-10-11-20-18(12-22(26)30-21(20)13-19)14-29-24(28)17-8-6-16(7-9-17)23(27)15-4-2-1-3-5-15/h1-13,25H,14H2. The molecular weight excluding hydrogens is 384 g/mol. The second-order valence-electron chi connectivity index (χ2n) is 6.62. The van der Waals surface area contributed by atoms with Crippen LogP contribution in [0.2, 0.25) is 0 Å². The topological polar surface area (TPSA) is 93.8 Å². The van der Waals surface area contributed by atoms with Gasteiger partial charge in [0.15, 0.2) is 5.78 Å². The number of carbonyl (C=O) groups is 2. The molecule has 0 bridgehead atoms. The van der Waals surface area contributed by atoms with E-state index in [0.717, 1.165) is 0 Å². The summed E-state index contributed by atoms with van der Waals surface area (Å²) < 4.78 is 10.4. The molecule has 1 aromatic heterocycles. The highest BCUT2D eigenvalue weighted by atomic mass is 16.5. The molecule has 3 aromatic carbocycles. The molecule has 4 rings (SSSR count). The number of esters is 1. The van der Waals surface area contributed by atoms with Crippen molar-refractivity contribution in [3.05, 3.63) is 112 Å². The zero-order chi connectivity index (χ0) is 21.1. The van der Waals surface area contributed by atoms with E-state index >= 15 is 0 Å². The zero-order valence-electron chi connectivity index (χ0n) is 15.7. The molecule has 0 atom stereocenters. The minimum atomic E-state index is -0.608. The second-order valence-corrected chi connectivity index (χ2v) is 6.62. The zero-order valence-corrected chi connectivity index (χ0v) is 15.7. The monoisotopic (exact) mass is 400 g/mol. The summed E-state index contributed by atoms with van der Waals surface area (Å²) in [7, 11) is 0. The number of aromatic hydroxyl groups is 1. The highest BCUT2D eigenvalue weighted by molar-refractivity contribution is 6.09. The normalized spacial score (nSPS) is 10.7. The Hall–Kier alpha value is -4.19. The summed E-state index contributed by atoms with van der Waals surface area (Å²) in [6, 6.07) is 20.6. The molecule has 0 aliphatic rings. The van der Waals surface area contributed by atoms with Crippen LogP contribution in [0.1, 0.15) is 31.8 Å². The third-order valence-electron chi connectivity index (χ3n) is 4.59. The summed E-state index contributed by atoms with van der Waals surface area (Å²) in [5.41, 5.74) is 1.37. The molecule has 0 aliphatic heterocycles. The molecule has 0 spiro atoms. The van der Waals surface area contributed by atoms with E-state index in [9.17, 15) is 19.5 Å². The Bertz CT molecular complexity index is 1290. The van der Waals surface area contributed by atoms with Crippen LogP contribution in [0.25, 0.3) is 11.0 Å². The number of ketones is 1. The first-order valence-corrected chi connectivity index (χ1v) is 9.14. The number of carbonyl (C=O) groups excluding carboxylic acids is 2. The minimum Gasteiger partial charge on any atom is -0.508 e. The lowest BCUT2D eigenvalue weighted by molar-refractivity contribution is 0.0473. The van der Waals surface area contributed by atoms with Gasteiger partial charge in [-0.05, 0) is 24.3 Å². The highest BCUT2D eigenvalue weighted by Crippen LogP contribution is 2.22. The average molecular weight is 400 g/mol. The van der Waals surface area contributed by atoms with Gasteiger partial charge in [-0.1, -0.05) is 42.5 Å². The van der Waals surface area contributed by atoms with Crippen LogP contribution in [0, 0.1) is 0 Å². The largest absolute Gasteiger partial charge is 0.508 e.